The number of nitrogens with one attached hydrogen (secondary N) is 1. The number of H-pyrrole nitrogens is 1. The van der Waals surface area contributed by atoms with Gasteiger partial charge in [-0.3, -0.25) is 18.9 Å². The van der Waals surface area contributed by atoms with Gasteiger partial charge in [0.15, 0.2) is 0 Å². The molecule has 5 unspecified atom stereocenters. The monoisotopic (exact) mass is 551 g/mol. The van der Waals surface area contributed by atoms with E-state index >= 15 is 0 Å². The number of aliphatic hydroxyl groups is 1. The van der Waals surface area contributed by atoms with Crippen molar-refractivity contribution in [2.24, 2.45) is 0 Å². The zero-order valence-corrected chi connectivity index (χ0v) is 26.1. The van der Waals surface area contributed by atoms with Crippen molar-refractivity contribution in [3.8, 4) is 0 Å². The second-order valence-corrected chi connectivity index (χ2v) is 10.2. The van der Waals surface area contributed by atoms with Gasteiger partial charge in [0, 0.05) is 18.2 Å². The molecule has 2 rings (SSSR count). The average Bonchev–Trinajstić information content (AvgIpc) is 2.86. The summed E-state index contributed by atoms with van der Waals surface area (Å²) in [4.78, 5) is 60.6. The molecule has 1 aromatic heterocycles. The van der Waals surface area contributed by atoms with Crippen molar-refractivity contribution in [3.05, 3.63) is 32.6 Å². The minimum absolute atomic E-state index is 0. The van der Waals surface area contributed by atoms with Crippen LogP contribution in [0, 0.1) is 6.92 Å². The van der Waals surface area contributed by atoms with E-state index in [1.165, 1.54) is 13.1 Å². The largest absolute Gasteiger partial charge is 1.00 e. The van der Waals surface area contributed by atoms with E-state index in [4.69, 9.17) is 19.4 Å². The van der Waals surface area contributed by atoms with Crippen LogP contribution >= 0.6 is 23.5 Å². The van der Waals surface area contributed by atoms with E-state index < -0.39 is 59.8 Å². The molecular weight excluding hydrogens is 534 g/mol. The third kappa shape index (κ3) is 11.4. The molecule has 6 N–H and O–H groups in total. The molecule has 1 aliphatic heterocycles. The number of hydrogen-bond donors (Lipinski definition) is 6. The minimum Gasteiger partial charge on any atom is -0.390 e. The quantitative estimate of drug-likeness (QED) is 0.130. The molecule has 0 bridgehead atoms. The summed E-state index contributed by atoms with van der Waals surface area (Å²) in [6, 6.07) is 0. The number of rotatable bonds is 8. The number of hydrogen-bond acceptors (Lipinski definition) is 10. The fraction of sp³-hybridized carbons (Fsp3) is 0.600. The Balaban J connectivity index is 0. The first-order chi connectivity index (χ1) is 13.1. The molecule has 5 atom stereocenters. The van der Waals surface area contributed by atoms with Gasteiger partial charge in [0.2, 0.25) is 0 Å². The van der Waals surface area contributed by atoms with Crippen molar-refractivity contribution in [2.45, 2.75) is 31.8 Å². The fourth-order valence-corrected chi connectivity index (χ4v) is 5.34. The van der Waals surface area contributed by atoms with Gasteiger partial charge in [-0.05, 0) is 6.92 Å². The first-order valence-electron chi connectivity index (χ1n) is 7.52. The Morgan fingerprint density at radius 1 is 1.09 bits per heavy atom. The SMILES string of the molecule is Cc1cn(C2CC(O)C(COP(=O)(O)OP(=O)(O)OP(=O)(O)O)O2)c(=O)[nH]c1=O.[Na+].[Na+].[Na+]. The molecule has 0 radical (unpaired) electrons. The molecule has 0 spiro atoms. The second kappa shape index (κ2) is 14.1. The molecule has 1 fully saturated rings. The number of aromatic amines is 1. The van der Waals surface area contributed by atoms with Crippen LogP contribution in [-0.2, 0) is 31.6 Å². The normalized spacial score (nSPS) is 24.2. The number of phosphoric acid groups is 3. The maximum Gasteiger partial charge on any atom is 1.00 e. The van der Waals surface area contributed by atoms with Crippen molar-refractivity contribution in [1.82, 2.24) is 9.55 Å². The van der Waals surface area contributed by atoms with E-state index in [1.807, 2.05) is 4.98 Å². The number of aliphatic hydroxyl groups excluding tert-OH is 1. The zero-order valence-electron chi connectivity index (χ0n) is 17.4. The van der Waals surface area contributed by atoms with Crippen LogP contribution in [0.25, 0.3) is 0 Å². The zero-order chi connectivity index (χ0) is 22.2. The van der Waals surface area contributed by atoms with Gasteiger partial charge in [0.05, 0.1) is 12.7 Å². The van der Waals surface area contributed by atoms with Crippen LogP contribution < -0.4 is 99.9 Å². The number of ether oxygens (including phenoxy) is 1. The number of aromatic nitrogens is 2. The van der Waals surface area contributed by atoms with E-state index in [1.54, 1.807) is 0 Å². The molecule has 16 nitrogen and oxygen atoms in total. The van der Waals surface area contributed by atoms with Crippen molar-refractivity contribution in [2.75, 3.05) is 6.61 Å². The van der Waals surface area contributed by atoms with Crippen molar-refractivity contribution in [3.63, 3.8) is 0 Å². The van der Waals surface area contributed by atoms with E-state index in [0.717, 1.165) is 4.57 Å². The molecule has 22 heteroatoms. The Bertz CT molecular complexity index is 1030. The van der Waals surface area contributed by atoms with E-state index in [2.05, 4.69) is 13.1 Å². The molecule has 2 heterocycles. The number of aryl methyl sites for hydroxylation is 1. The van der Waals surface area contributed by atoms with E-state index in [-0.39, 0.29) is 101 Å². The molecule has 0 aromatic carbocycles. The third-order valence-corrected chi connectivity index (χ3v) is 7.28. The van der Waals surface area contributed by atoms with Gasteiger partial charge < -0.3 is 29.4 Å². The first kappa shape index (κ1) is 36.2. The van der Waals surface area contributed by atoms with Crippen LogP contribution in [0.3, 0.4) is 0 Å². The van der Waals surface area contributed by atoms with Crippen LogP contribution in [-0.4, -0.2) is 53.0 Å². The van der Waals surface area contributed by atoms with E-state index in [0.29, 0.717) is 0 Å². The van der Waals surface area contributed by atoms with Gasteiger partial charge in [-0.2, -0.15) is 8.62 Å². The van der Waals surface area contributed by atoms with Gasteiger partial charge in [0.1, 0.15) is 12.3 Å². The number of phosphoric ester groups is 1. The summed E-state index contributed by atoms with van der Waals surface area (Å²) in [5.41, 5.74) is -1.26. The van der Waals surface area contributed by atoms with Crippen molar-refractivity contribution in [1.29, 1.82) is 0 Å². The van der Waals surface area contributed by atoms with Crippen molar-refractivity contribution < 1.29 is 145 Å². The maximum atomic E-state index is 11.9. The predicted octanol–water partition coefficient (Wildman–Crippen LogP) is -10.2. The molecular formula is C10H17N2Na3O14P3+3. The van der Waals surface area contributed by atoms with Gasteiger partial charge in [-0.25, -0.2) is 18.5 Å². The summed E-state index contributed by atoms with van der Waals surface area (Å²) < 4.78 is 51.3. The molecule has 0 saturated carbocycles. The Morgan fingerprint density at radius 3 is 2.19 bits per heavy atom. The molecule has 166 valence electrons. The molecule has 1 aromatic rings. The molecule has 0 aliphatic carbocycles. The standard InChI is InChI=1S/C10H17N2O14P3.3Na/c1-5-3-12(10(15)11-9(5)14)8-2-6(13)7(24-8)4-23-28(19,20)26-29(21,22)25-27(16,17)18;;;/h3,6-8,13H,2,4H2,1H3,(H,19,20)(H,21,22)(H,11,14,15)(H2,16,17,18);;;/q;3*+1. The van der Waals surface area contributed by atoms with Gasteiger partial charge in [0.25, 0.3) is 5.56 Å². The average molecular weight is 551 g/mol. The van der Waals surface area contributed by atoms with Gasteiger partial charge >= 0.3 is 118 Å². The Morgan fingerprint density at radius 2 is 1.66 bits per heavy atom. The summed E-state index contributed by atoms with van der Waals surface area (Å²) in [6.07, 6.45) is -2.67. The maximum absolute atomic E-state index is 11.9. The summed E-state index contributed by atoms with van der Waals surface area (Å²) in [5, 5.41) is 9.98. The molecule has 1 aliphatic rings. The summed E-state index contributed by atoms with van der Waals surface area (Å²) in [7, 11) is -16.6. The van der Waals surface area contributed by atoms with Gasteiger partial charge in [-0.1, -0.05) is 0 Å². The summed E-state index contributed by atoms with van der Waals surface area (Å²) in [5.74, 6) is 0. The van der Waals surface area contributed by atoms with Crippen LogP contribution in [0.15, 0.2) is 15.8 Å². The Hall–Kier alpha value is 2.01. The fourth-order valence-electron chi connectivity index (χ4n) is 2.31. The third-order valence-electron chi connectivity index (χ3n) is 3.48. The predicted molar refractivity (Wildman–Crippen MR) is 90.4 cm³/mol. The topological polar surface area (TPSA) is 244 Å². The second-order valence-electron chi connectivity index (χ2n) is 5.80. The summed E-state index contributed by atoms with van der Waals surface area (Å²) >= 11 is 0. The molecule has 32 heavy (non-hydrogen) atoms. The Labute approximate surface area is 246 Å². The van der Waals surface area contributed by atoms with Crippen molar-refractivity contribution >= 4 is 23.5 Å². The van der Waals surface area contributed by atoms with Crippen LogP contribution in [0.1, 0.15) is 18.2 Å². The molecule has 1 saturated heterocycles. The Kier molecular flexibility index (Phi) is 15.9. The smallest absolute Gasteiger partial charge is 0.390 e. The number of nitrogens with zero attached hydrogens (tertiary/aromatic N) is 1. The molecule has 0 amide bonds. The van der Waals surface area contributed by atoms with Crippen LogP contribution in [0.5, 0.6) is 0 Å². The summed E-state index contributed by atoms with van der Waals surface area (Å²) in [6.45, 7) is 0.547. The minimum atomic E-state index is -5.67. The van der Waals surface area contributed by atoms with Crippen LogP contribution in [0.2, 0.25) is 0 Å². The van der Waals surface area contributed by atoms with Crippen LogP contribution in [0.4, 0.5) is 0 Å². The van der Waals surface area contributed by atoms with E-state index in [9.17, 15) is 33.3 Å². The first-order valence-corrected chi connectivity index (χ1v) is 12.0. The van der Waals surface area contributed by atoms with Gasteiger partial charge in [-0.15, -0.1) is 0 Å².